The highest BCUT2D eigenvalue weighted by molar-refractivity contribution is 7.11. The highest BCUT2D eigenvalue weighted by Gasteiger charge is 2.09. The van der Waals surface area contributed by atoms with Crippen LogP contribution in [0.15, 0.2) is 53.9 Å². The van der Waals surface area contributed by atoms with Gasteiger partial charge in [-0.3, -0.25) is 0 Å². The van der Waals surface area contributed by atoms with Crippen molar-refractivity contribution in [3.05, 3.63) is 75.1 Å². The average molecular weight is 337 g/mol. The molecule has 0 saturated carbocycles. The number of nitriles is 1. The Bertz CT molecular complexity index is 884. The van der Waals surface area contributed by atoms with Crippen LogP contribution in [0.25, 0.3) is 22.9 Å². The second-order valence-electron chi connectivity index (χ2n) is 5.13. The number of rotatable bonds is 3. The van der Waals surface area contributed by atoms with E-state index < -0.39 is 0 Å². The number of nitrogens with zero attached hydrogens (tertiary/aromatic N) is 2. The molecule has 2 aromatic carbocycles. The summed E-state index contributed by atoms with van der Waals surface area (Å²) < 4.78 is 0. The first-order valence-corrected chi connectivity index (χ1v) is 8.32. The normalized spacial score (nSPS) is 11.3. The van der Waals surface area contributed by atoms with Crippen molar-refractivity contribution in [3.8, 4) is 17.3 Å². The van der Waals surface area contributed by atoms with E-state index in [2.05, 4.69) is 11.1 Å². The summed E-state index contributed by atoms with van der Waals surface area (Å²) in [6.07, 6.45) is 1.86. The molecule has 0 radical (unpaired) electrons. The predicted octanol–water partition coefficient (Wildman–Crippen LogP) is 5.84. The minimum absolute atomic E-state index is 0.569. The molecule has 1 heterocycles. The molecule has 112 valence electrons. The molecular weight excluding hydrogens is 324 g/mol. The summed E-state index contributed by atoms with van der Waals surface area (Å²) >= 11 is 7.38. The molecule has 0 fully saturated rings. The van der Waals surface area contributed by atoms with Gasteiger partial charge in [0.2, 0.25) is 0 Å². The molecule has 1 aromatic heterocycles. The summed E-state index contributed by atoms with van der Waals surface area (Å²) in [5, 5.41) is 12.8. The van der Waals surface area contributed by atoms with Gasteiger partial charge in [-0.2, -0.15) is 5.26 Å². The maximum absolute atomic E-state index is 9.44. The third kappa shape index (κ3) is 3.68. The highest BCUT2D eigenvalue weighted by atomic mass is 35.5. The summed E-state index contributed by atoms with van der Waals surface area (Å²) in [4.78, 5) is 4.58. The first-order chi connectivity index (χ1) is 11.2. The molecular formula is C19H13ClN2S. The second-order valence-corrected chi connectivity index (χ2v) is 6.42. The Morgan fingerprint density at radius 3 is 2.48 bits per heavy atom. The molecule has 0 saturated heterocycles. The Hall–Kier alpha value is -2.41. The fraction of sp³-hybridized carbons (Fsp3) is 0.0526. The van der Waals surface area contributed by atoms with Gasteiger partial charge in [-0.15, -0.1) is 11.3 Å². The van der Waals surface area contributed by atoms with Crippen LogP contribution in [-0.4, -0.2) is 4.98 Å². The van der Waals surface area contributed by atoms with Crippen molar-refractivity contribution in [1.29, 1.82) is 5.26 Å². The van der Waals surface area contributed by atoms with Gasteiger partial charge in [-0.25, -0.2) is 4.98 Å². The monoisotopic (exact) mass is 336 g/mol. The first kappa shape index (κ1) is 15.5. The summed E-state index contributed by atoms with van der Waals surface area (Å²) in [6, 6.07) is 17.8. The Labute approximate surface area is 144 Å². The molecule has 0 amide bonds. The second kappa shape index (κ2) is 6.78. The van der Waals surface area contributed by atoms with E-state index in [9.17, 15) is 5.26 Å². The standard InChI is InChI=1S/C19H13ClN2S/c1-13-2-4-14(5-3-13)10-16(11-21)19-22-18(12-23-19)15-6-8-17(20)9-7-15/h2-10,12H,1H3. The van der Waals surface area contributed by atoms with Crippen molar-refractivity contribution >= 4 is 34.6 Å². The van der Waals surface area contributed by atoms with E-state index in [0.717, 1.165) is 21.8 Å². The van der Waals surface area contributed by atoms with E-state index in [1.807, 2.05) is 66.9 Å². The Morgan fingerprint density at radius 2 is 1.83 bits per heavy atom. The van der Waals surface area contributed by atoms with Gasteiger partial charge in [0.1, 0.15) is 11.1 Å². The zero-order valence-corrected chi connectivity index (χ0v) is 14.0. The Kier molecular flexibility index (Phi) is 4.57. The van der Waals surface area contributed by atoms with Crippen molar-refractivity contribution in [3.63, 3.8) is 0 Å². The van der Waals surface area contributed by atoms with E-state index in [0.29, 0.717) is 10.6 Å². The van der Waals surface area contributed by atoms with Gasteiger partial charge < -0.3 is 0 Å². The fourth-order valence-electron chi connectivity index (χ4n) is 2.12. The number of benzene rings is 2. The van der Waals surface area contributed by atoms with Crippen LogP contribution in [0.1, 0.15) is 16.1 Å². The van der Waals surface area contributed by atoms with Gasteiger partial charge in [0.05, 0.1) is 11.3 Å². The number of halogens is 1. The van der Waals surface area contributed by atoms with Crippen LogP contribution in [0, 0.1) is 18.3 Å². The fourth-order valence-corrected chi connectivity index (χ4v) is 3.04. The minimum atomic E-state index is 0.569. The SMILES string of the molecule is Cc1ccc(C=C(C#N)c2nc(-c3ccc(Cl)cc3)cs2)cc1. The molecule has 0 aliphatic heterocycles. The third-order valence-electron chi connectivity index (χ3n) is 3.38. The van der Waals surface area contributed by atoms with Crippen LogP contribution >= 0.6 is 22.9 Å². The number of allylic oxidation sites excluding steroid dienone is 1. The number of aromatic nitrogens is 1. The summed E-state index contributed by atoms with van der Waals surface area (Å²) in [7, 11) is 0. The van der Waals surface area contributed by atoms with Gasteiger partial charge >= 0.3 is 0 Å². The van der Waals surface area contributed by atoms with Crippen LogP contribution in [0.3, 0.4) is 0 Å². The maximum atomic E-state index is 9.44. The lowest BCUT2D eigenvalue weighted by molar-refractivity contribution is 1.37. The van der Waals surface area contributed by atoms with Crippen LogP contribution < -0.4 is 0 Å². The van der Waals surface area contributed by atoms with Gasteiger partial charge in [-0.1, -0.05) is 53.6 Å². The summed E-state index contributed by atoms with van der Waals surface area (Å²) in [5.74, 6) is 0. The van der Waals surface area contributed by atoms with Crippen molar-refractivity contribution in [1.82, 2.24) is 4.98 Å². The molecule has 0 bridgehead atoms. The molecule has 4 heteroatoms. The average Bonchev–Trinajstić information content (AvgIpc) is 3.05. The molecule has 0 unspecified atom stereocenters. The van der Waals surface area contributed by atoms with Gasteiger partial charge in [0.25, 0.3) is 0 Å². The van der Waals surface area contributed by atoms with Gasteiger partial charge in [-0.05, 0) is 30.7 Å². The lowest BCUT2D eigenvalue weighted by atomic mass is 10.1. The Balaban J connectivity index is 1.92. The van der Waals surface area contributed by atoms with E-state index >= 15 is 0 Å². The highest BCUT2D eigenvalue weighted by Crippen LogP contribution is 2.28. The van der Waals surface area contributed by atoms with Crippen molar-refractivity contribution in [2.24, 2.45) is 0 Å². The lowest BCUT2D eigenvalue weighted by Crippen LogP contribution is -1.83. The summed E-state index contributed by atoms with van der Waals surface area (Å²) in [5.41, 5.74) is 4.60. The molecule has 3 rings (SSSR count). The Morgan fingerprint density at radius 1 is 1.13 bits per heavy atom. The maximum Gasteiger partial charge on any atom is 0.134 e. The van der Waals surface area contributed by atoms with Crippen LogP contribution in [0.2, 0.25) is 5.02 Å². The van der Waals surface area contributed by atoms with E-state index in [-0.39, 0.29) is 0 Å². The smallest absolute Gasteiger partial charge is 0.134 e. The molecule has 0 aliphatic rings. The molecule has 0 atom stereocenters. The molecule has 0 aliphatic carbocycles. The number of thiazole rings is 1. The predicted molar refractivity (Wildman–Crippen MR) is 97.2 cm³/mol. The van der Waals surface area contributed by atoms with Crippen LogP contribution in [0.4, 0.5) is 0 Å². The molecule has 0 N–H and O–H groups in total. The van der Waals surface area contributed by atoms with Crippen molar-refractivity contribution < 1.29 is 0 Å². The van der Waals surface area contributed by atoms with Crippen molar-refractivity contribution in [2.75, 3.05) is 0 Å². The van der Waals surface area contributed by atoms with Gasteiger partial charge in [0, 0.05) is 16.0 Å². The van der Waals surface area contributed by atoms with Crippen LogP contribution in [-0.2, 0) is 0 Å². The minimum Gasteiger partial charge on any atom is -0.235 e. The third-order valence-corrected chi connectivity index (χ3v) is 4.51. The zero-order chi connectivity index (χ0) is 16.2. The zero-order valence-electron chi connectivity index (χ0n) is 12.5. The van der Waals surface area contributed by atoms with Crippen LogP contribution in [0.5, 0.6) is 0 Å². The summed E-state index contributed by atoms with van der Waals surface area (Å²) in [6.45, 7) is 2.04. The number of hydrogen-bond acceptors (Lipinski definition) is 3. The topological polar surface area (TPSA) is 36.7 Å². The first-order valence-electron chi connectivity index (χ1n) is 7.06. The lowest BCUT2D eigenvalue weighted by Gasteiger charge is -1.98. The van der Waals surface area contributed by atoms with E-state index in [1.165, 1.54) is 16.9 Å². The largest absolute Gasteiger partial charge is 0.235 e. The molecule has 3 aromatic rings. The van der Waals surface area contributed by atoms with Gasteiger partial charge in [0.15, 0.2) is 0 Å². The van der Waals surface area contributed by atoms with E-state index in [4.69, 9.17) is 11.6 Å². The van der Waals surface area contributed by atoms with Crippen molar-refractivity contribution in [2.45, 2.75) is 6.92 Å². The molecule has 0 spiro atoms. The molecule has 23 heavy (non-hydrogen) atoms. The quantitative estimate of drug-likeness (QED) is 0.564. The number of aryl methyl sites for hydroxylation is 1. The number of hydrogen-bond donors (Lipinski definition) is 0. The van der Waals surface area contributed by atoms with E-state index in [1.54, 1.807) is 0 Å². The molecule has 2 nitrogen and oxygen atoms in total.